The van der Waals surface area contributed by atoms with Crippen LogP contribution in [0.4, 0.5) is 11.4 Å². The maximum Gasteiger partial charge on any atom is 0.239 e. The largest absolute Gasteiger partial charge is 0.376 e. The summed E-state index contributed by atoms with van der Waals surface area (Å²) in [5.41, 5.74) is 4.54. The van der Waals surface area contributed by atoms with Crippen LogP contribution in [0.5, 0.6) is 0 Å². The fourth-order valence-corrected chi connectivity index (χ4v) is 3.01. The number of piperazine rings is 1. The lowest BCUT2D eigenvalue weighted by Gasteiger charge is -2.34. The maximum absolute atomic E-state index is 12.0. The summed E-state index contributed by atoms with van der Waals surface area (Å²) in [7, 11) is 2.16. The number of amides is 1. The first-order chi connectivity index (χ1) is 12.6. The van der Waals surface area contributed by atoms with E-state index in [1.807, 2.05) is 24.3 Å². The molecule has 1 saturated heterocycles. The standard InChI is InChI=1S/C21H28N4O/c1-17-3-5-18(6-4-17)15-23-21(26)16-22-19-7-9-20(10-8-19)25-13-11-24(2)12-14-25/h3-10,22H,11-16H2,1-2H3,(H,23,26). The molecule has 2 N–H and O–H groups in total. The monoisotopic (exact) mass is 352 g/mol. The van der Waals surface area contributed by atoms with E-state index in [0.29, 0.717) is 6.54 Å². The van der Waals surface area contributed by atoms with Crippen molar-refractivity contribution in [3.63, 3.8) is 0 Å². The number of anilines is 2. The average Bonchev–Trinajstić information content (AvgIpc) is 2.67. The number of nitrogens with one attached hydrogen (secondary N) is 2. The lowest BCUT2D eigenvalue weighted by molar-refractivity contribution is -0.119. The minimum Gasteiger partial charge on any atom is -0.376 e. The molecule has 5 nitrogen and oxygen atoms in total. The molecule has 1 aliphatic rings. The fourth-order valence-electron chi connectivity index (χ4n) is 3.01. The Bertz CT molecular complexity index is 704. The summed E-state index contributed by atoms with van der Waals surface area (Å²) >= 11 is 0. The first kappa shape index (κ1) is 18.3. The second kappa shape index (κ2) is 8.72. The summed E-state index contributed by atoms with van der Waals surface area (Å²) in [4.78, 5) is 16.8. The maximum atomic E-state index is 12.0. The van der Waals surface area contributed by atoms with Crippen LogP contribution in [0.2, 0.25) is 0 Å². The van der Waals surface area contributed by atoms with Crippen LogP contribution in [0.25, 0.3) is 0 Å². The Morgan fingerprint density at radius 2 is 1.62 bits per heavy atom. The van der Waals surface area contributed by atoms with Crippen LogP contribution in [0.1, 0.15) is 11.1 Å². The van der Waals surface area contributed by atoms with Crippen molar-refractivity contribution in [2.75, 3.05) is 50.0 Å². The highest BCUT2D eigenvalue weighted by Gasteiger charge is 2.13. The topological polar surface area (TPSA) is 47.6 Å². The quantitative estimate of drug-likeness (QED) is 0.839. The molecule has 1 amide bonds. The zero-order valence-electron chi connectivity index (χ0n) is 15.7. The van der Waals surface area contributed by atoms with E-state index in [0.717, 1.165) is 37.4 Å². The summed E-state index contributed by atoms with van der Waals surface area (Å²) < 4.78 is 0. The van der Waals surface area contributed by atoms with Crippen molar-refractivity contribution in [3.8, 4) is 0 Å². The summed E-state index contributed by atoms with van der Waals surface area (Å²) in [6.45, 7) is 7.21. The van der Waals surface area contributed by atoms with Gasteiger partial charge in [0.2, 0.25) is 5.91 Å². The SMILES string of the molecule is Cc1ccc(CNC(=O)CNc2ccc(N3CCN(C)CC3)cc2)cc1. The molecule has 0 aliphatic carbocycles. The van der Waals surface area contributed by atoms with Crippen molar-refractivity contribution in [3.05, 3.63) is 59.7 Å². The minimum absolute atomic E-state index is 0.00582. The highest BCUT2D eigenvalue weighted by molar-refractivity contribution is 5.80. The third-order valence-corrected chi connectivity index (χ3v) is 4.80. The van der Waals surface area contributed by atoms with E-state index < -0.39 is 0 Å². The van der Waals surface area contributed by atoms with Gasteiger partial charge >= 0.3 is 0 Å². The van der Waals surface area contributed by atoms with E-state index >= 15 is 0 Å². The molecule has 0 bridgehead atoms. The Kier molecular flexibility index (Phi) is 6.12. The zero-order chi connectivity index (χ0) is 18.4. The van der Waals surface area contributed by atoms with Gasteiger partial charge < -0.3 is 20.4 Å². The van der Waals surface area contributed by atoms with Gasteiger partial charge in [-0.1, -0.05) is 29.8 Å². The van der Waals surface area contributed by atoms with Gasteiger partial charge in [0.25, 0.3) is 0 Å². The number of carbonyl (C=O) groups excluding carboxylic acids is 1. The predicted octanol–water partition coefficient (Wildman–Crippen LogP) is 2.48. The van der Waals surface area contributed by atoms with Crippen LogP contribution in [0.15, 0.2) is 48.5 Å². The molecule has 0 spiro atoms. The molecule has 0 aromatic heterocycles. The normalized spacial score (nSPS) is 14.9. The van der Waals surface area contributed by atoms with Gasteiger partial charge in [0, 0.05) is 44.1 Å². The van der Waals surface area contributed by atoms with Gasteiger partial charge in [-0.2, -0.15) is 0 Å². The van der Waals surface area contributed by atoms with Crippen LogP contribution < -0.4 is 15.5 Å². The van der Waals surface area contributed by atoms with Crippen LogP contribution in [-0.2, 0) is 11.3 Å². The van der Waals surface area contributed by atoms with E-state index in [1.54, 1.807) is 0 Å². The van der Waals surface area contributed by atoms with Crippen molar-refractivity contribution >= 4 is 17.3 Å². The minimum atomic E-state index is -0.00582. The second-order valence-corrected chi connectivity index (χ2v) is 6.95. The molecule has 1 heterocycles. The van der Waals surface area contributed by atoms with Gasteiger partial charge in [0.1, 0.15) is 0 Å². The van der Waals surface area contributed by atoms with Gasteiger partial charge in [-0.25, -0.2) is 0 Å². The first-order valence-electron chi connectivity index (χ1n) is 9.20. The van der Waals surface area contributed by atoms with Gasteiger partial charge in [-0.05, 0) is 43.8 Å². The number of hydrogen-bond acceptors (Lipinski definition) is 4. The molecular formula is C21H28N4O. The molecule has 2 aromatic carbocycles. The molecule has 26 heavy (non-hydrogen) atoms. The highest BCUT2D eigenvalue weighted by Crippen LogP contribution is 2.19. The highest BCUT2D eigenvalue weighted by atomic mass is 16.1. The molecule has 0 radical (unpaired) electrons. The molecule has 3 rings (SSSR count). The fraction of sp³-hybridized carbons (Fsp3) is 0.381. The zero-order valence-corrected chi connectivity index (χ0v) is 15.7. The number of carbonyl (C=O) groups is 1. The number of aryl methyl sites for hydroxylation is 1. The van der Waals surface area contributed by atoms with Crippen molar-refractivity contribution in [1.29, 1.82) is 0 Å². The molecule has 2 aromatic rings. The summed E-state index contributed by atoms with van der Waals surface area (Å²) in [6.07, 6.45) is 0. The molecule has 5 heteroatoms. The summed E-state index contributed by atoms with van der Waals surface area (Å²) in [5.74, 6) is -0.00582. The Hall–Kier alpha value is -2.53. The smallest absolute Gasteiger partial charge is 0.239 e. The van der Waals surface area contributed by atoms with E-state index in [1.165, 1.54) is 11.3 Å². The molecule has 138 valence electrons. The number of hydrogen-bond donors (Lipinski definition) is 2. The number of rotatable bonds is 6. The van der Waals surface area contributed by atoms with Crippen molar-refractivity contribution < 1.29 is 4.79 Å². The number of benzene rings is 2. The van der Waals surface area contributed by atoms with E-state index in [9.17, 15) is 4.79 Å². The molecular weight excluding hydrogens is 324 g/mol. The average molecular weight is 352 g/mol. The third-order valence-electron chi connectivity index (χ3n) is 4.80. The molecule has 1 fully saturated rings. The Morgan fingerprint density at radius 3 is 2.27 bits per heavy atom. The third kappa shape index (κ3) is 5.23. The van der Waals surface area contributed by atoms with Crippen LogP contribution in [0, 0.1) is 6.92 Å². The van der Waals surface area contributed by atoms with E-state index in [2.05, 4.69) is 58.7 Å². The van der Waals surface area contributed by atoms with E-state index in [-0.39, 0.29) is 12.5 Å². The Balaban J connectivity index is 1.42. The van der Waals surface area contributed by atoms with Crippen LogP contribution in [0.3, 0.4) is 0 Å². The van der Waals surface area contributed by atoms with Gasteiger partial charge in [-0.15, -0.1) is 0 Å². The molecule has 0 saturated carbocycles. The lowest BCUT2D eigenvalue weighted by Crippen LogP contribution is -2.44. The predicted molar refractivity (Wildman–Crippen MR) is 108 cm³/mol. The summed E-state index contributed by atoms with van der Waals surface area (Å²) in [6, 6.07) is 16.5. The van der Waals surface area contributed by atoms with Gasteiger partial charge in [0.05, 0.1) is 6.54 Å². The first-order valence-corrected chi connectivity index (χ1v) is 9.20. The van der Waals surface area contributed by atoms with Crippen molar-refractivity contribution in [2.24, 2.45) is 0 Å². The lowest BCUT2D eigenvalue weighted by atomic mass is 10.1. The molecule has 0 unspecified atom stereocenters. The van der Waals surface area contributed by atoms with Gasteiger partial charge in [-0.3, -0.25) is 4.79 Å². The molecule has 0 atom stereocenters. The molecule has 1 aliphatic heterocycles. The number of nitrogens with zero attached hydrogens (tertiary/aromatic N) is 2. The van der Waals surface area contributed by atoms with Crippen LogP contribution in [-0.4, -0.2) is 50.6 Å². The van der Waals surface area contributed by atoms with Crippen molar-refractivity contribution in [1.82, 2.24) is 10.2 Å². The summed E-state index contributed by atoms with van der Waals surface area (Å²) in [5, 5.41) is 6.13. The van der Waals surface area contributed by atoms with E-state index in [4.69, 9.17) is 0 Å². The Morgan fingerprint density at radius 1 is 0.962 bits per heavy atom. The number of likely N-dealkylation sites (N-methyl/N-ethyl adjacent to an activating group) is 1. The second-order valence-electron chi connectivity index (χ2n) is 6.95. The Labute approximate surface area is 156 Å². The van der Waals surface area contributed by atoms with Crippen molar-refractivity contribution in [2.45, 2.75) is 13.5 Å². The van der Waals surface area contributed by atoms with Gasteiger partial charge in [0.15, 0.2) is 0 Å². The van der Waals surface area contributed by atoms with Crippen LogP contribution >= 0.6 is 0 Å².